The lowest BCUT2D eigenvalue weighted by Crippen LogP contribution is -2.45. The highest BCUT2D eigenvalue weighted by molar-refractivity contribution is 7.89. The molecule has 0 unspecified atom stereocenters. The van der Waals surface area contributed by atoms with E-state index in [9.17, 15) is 18.0 Å². The smallest absolute Gasteiger partial charge is 0.262 e. The van der Waals surface area contributed by atoms with Crippen LogP contribution in [0.5, 0.6) is 5.75 Å². The van der Waals surface area contributed by atoms with Gasteiger partial charge in [0.15, 0.2) is 6.61 Å². The number of carbonyl (C=O) groups excluding carboxylic acids is 2. The summed E-state index contributed by atoms with van der Waals surface area (Å²) in [6.07, 6.45) is 2.99. The van der Waals surface area contributed by atoms with Crippen LogP contribution in [0.25, 0.3) is 0 Å². The van der Waals surface area contributed by atoms with Gasteiger partial charge in [-0.05, 0) is 49.8 Å². The summed E-state index contributed by atoms with van der Waals surface area (Å²) in [5, 5.41) is 5.66. The SMILES string of the molecule is Cc1cc2c(cc1S(=O)(=O)N1CCC[C@@H](C(=O)NCCCc3ccccc3)C1)OCC(=O)N2. The highest BCUT2D eigenvalue weighted by Gasteiger charge is 2.35. The van der Waals surface area contributed by atoms with Crippen molar-refractivity contribution in [3.8, 4) is 5.75 Å². The number of nitrogens with one attached hydrogen (secondary N) is 2. The molecule has 9 heteroatoms. The number of nitrogens with zero attached hydrogens (tertiary/aromatic N) is 1. The summed E-state index contributed by atoms with van der Waals surface area (Å²) in [6, 6.07) is 13.2. The summed E-state index contributed by atoms with van der Waals surface area (Å²) in [4.78, 5) is 24.4. The Morgan fingerprint density at radius 3 is 2.82 bits per heavy atom. The van der Waals surface area contributed by atoms with E-state index in [0.717, 1.165) is 12.8 Å². The molecular weight excluding hydrogens is 442 g/mol. The summed E-state index contributed by atoms with van der Waals surface area (Å²) >= 11 is 0. The molecule has 0 aliphatic carbocycles. The second kappa shape index (κ2) is 9.93. The van der Waals surface area contributed by atoms with Gasteiger partial charge in [0, 0.05) is 25.7 Å². The number of aryl methyl sites for hydroxylation is 2. The summed E-state index contributed by atoms with van der Waals surface area (Å²) in [5.74, 6) is -0.412. The Balaban J connectivity index is 1.38. The number of carbonyl (C=O) groups is 2. The zero-order valence-corrected chi connectivity index (χ0v) is 19.5. The van der Waals surface area contributed by atoms with Gasteiger partial charge in [0.2, 0.25) is 15.9 Å². The van der Waals surface area contributed by atoms with E-state index in [2.05, 4.69) is 22.8 Å². The van der Waals surface area contributed by atoms with Gasteiger partial charge in [0.05, 0.1) is 16.5 Å². The van der Waals surface area contributed by atoms with Crippen LogP contribution in [0.1, 0.15) is 30.4 Å². The van der Waals surface area contributed by atoms with Crippen molar-refractivity contribution in [2.24, 2.45) is 5.92 Å². The van der Waals surface area contributed by atoms with Crippen LogP contribution in [0.3, 0.4) is 0 Å². The molecule has 0 saturated carbocycles. The molecule has 2 amide bonds. The molecule has 1 fully saturated rings. The van der Waals surface area contributed by atoms with E-state index in [1.165, 1.54) is 15.9 Å². The monoisotopic (exact) mass is 471 g/mol. The zero-order chi connectivity index (χ0) is 23.4. The van der Waals surface area contributed by atoms with Crippen LogP contribution in [0.15, 0.2) is 47.4 Å². The van der Waals surface area contributed by atoms with Gasteiger partial charge in [-0.3, -0.25) is 9.59 Å². The largest absolute Gasteiger partial charge is 0.482 e. The Morgan fingerprint density at radius 1 is 1.24 bits per heavy atom. The standard InChI is InChI=1S/C24H29N3O5S/c1-17-13-20-21(32-16-23(28)26-20)14-22(17)33(30,31)27-12-6-10-19(15-27)24(29)25-11-5-9-18-7-3-2-4-8-18/h2-4,7-8,13-14,19H,5-6,9-12,15-16H2,1H3,(H,25,29)(H,26,28)/t19-/m1/s1. The van der Waals surface area contributed by atoms with Crippen molar-refractivity contribution in [1.82, 2.24) is 9.62 Å². The second-order valence-electron chi connectivity index (χ2n) is 8.53. The maximum atomic E-state index is 13.4. The van der Waals surface area contributed by atoms with Gasteiger partial charge in [-0.15, -0.1) is 0 Å². The van der Waals surface area contributed by atoms with E-state index in [-0.39, 0.29) is 35.8 Å². The van der Waals surface area contributed by atoms with Gasteiger partial charge in [-0.1, -0.05) is 30.3 Å². The maximum absolute atomic E-state index is 13.4. The molecule has 2 N–H and O–H groups in total. The van der Waals surface area contributed by atoms with Crippen LogP contribution in [-0.4, -0.2) is 50.8 Å². The maximum Gasteiger partial charge on any atom is 0.262 e. The van der Waals surface area contributed by atoms with Crippen LogP contribution in [0.2, 0.25) is 0 Å². The van der Waals surface area contributed by atoms with Crippen molar-refractivity contribution in [2.75, 3.05) is 31.6 Å². The van der Waals surface area contributed by atoms with Gasteiger partial charge < -0.3 is 15.4 Å². The molecule has 1 saturated heterocycles. The number of hydrogen-bond acceptors (Lipinski definition) is 5. The van der Waals surface area contributed by atoms with Crippen LogP contribution in [0.4, 0.5) is 5.69 Å². The zero-order valence-electron chi connectivity index (χ0n) is 18.7. The molecule has 2 aromatic carbocycles. The van der Waals surface area contributed by atoms with Gasteiger partial charge in [0.1, 0.15) is 5.75 Å². The molecule has 0 spiro atoms. The first-order chi connectivity index (χ1) is 15.8. The number of fused-ring (bicyclic) bond motifs is 1. The Kier molecular flexibility index (Phi) is 6.99. The van der Waals surface area contributed by atoms with E-state index in [4.69, 9.17) is 4.74 Å². The van der Waals surface area contributed by atoms with Crippen LogP contribution >= 0.6 is 0 Å². The molecule has 0 radical (unpaired) electrons. The minimum atomic E-state index is -3.81. The van der Waals surface area contributed by atoms with Crippen molar-refractivity contribution < 1.29 is 22.7 Å². The molecule has 2 aliphatic heterocycles. The Labute approximate surface area is 194 Å². The van der Waals surface area contributed by atoms with E-state index in [1.54, 1.807) is 13.0 Å². The van der Waals surface area contributed by atoms with Gasteiger partial charge in [-0.2, -0.15) is 4.31 Å². The van der Waals surface area contributed by atoms with Crippen LogP contribution in [0, 0.1) is 12.8 Å². The third-order valence-electron chi connectivity index (χ3n) is 6.07. The molecule has 4 rings (SSSR count). The third-order valence-corrected chi connectivity index (χ3v) is 8.07. The number of piperidine rings is 1. The molecule has 8 nitrogen and oxygen atoms in total. The Hall–Kier alpha value is -2.91. The van der Waals surface area contributed by atoms with Crippen molar-refractivity contribution >= 4 is 27.5 Å². The predicted octanol–water partition coefficient (Wildman–Crippen LogP) is 2.48. The van der Waals surface area contributed by atoms with E-state index < -0.39 is 10.0 Å². The average Bonchev–Trinajstić information content (AvgIpc) is 2.82. The summed E-state index contributed by atoms with van der Waals surface area (Å²) in [7, 11) is -3.81. The minimum Gasteiger partial charge on any atom is -0.482 e. The van der Waals surface area contributed by atoms with Gasteiger partial charge >= 0.3 is 0 Å². The molecule has 33 heavy (non-hydrogen) atoms. The molecule has 2 heterocycles. The molecule has 1 atom stereocenters. The normalized spacial score (nSPS) is 18.7. The first-order valence-electron chi connectivity index (χ1n) is 11.2. The quantitative estimate of drug-likeness (QED) is 0.604. The molecular formula is C24H29N3O5S. The number of anilines is 1. The van der Waals surface area contributed by atoms with E-state index in [1.807, 2.05) is 18.2 Å². The number of rotatable bonds is 7. The number of benzene rings is 2. The van der Waals surface area contributed by atoms with Gasteiger partial charge in [-0.25, -0.2) is 8.42 Å². The van der Waals surface area contributed by atoms with E-state index in [0.29, 0.717) is 42.9 Å². The lowest BCUT2D eigenvalue weighted by atomic mass is 9.99. The molecule has 2 aliphatic rings. The first kappa shape index (κ1) is 23.3. The summed E-state index contributed by atoms with van der Waals surface area (Å²) in [6.45, 7) is 2.62. The Morgan fingerprint density at radius 2 is 2.03 bits per heavy atom. The van der Waals surface area contributed by atoms with Gasteiger partial charge in [0.25, 0.3) is 5.91 Å². The number of amides is 2. The highest BCUT2D eigenvalue weighted by Crippen LogP contribution is 2.35. The lowest BCUT2D eigenvalue weighted by molar-refractivity contribution is -0.126. The second-order valence-corrected chi connectivity index (χ2v) is 10.4. The predicted molar refractivity (Wildman–Crippen MR) is 125 cm³/mol. The number of sulfonamides is 1. The van der Waals surface area contributed by atoms with Crippen LogP contribution < -0.4 is 15.4 Å². The fourth-order valence-corrected chi connectivity index (χ4v) is 6.05. The fourth-order valence-electron chi connectivity index (χ4n) is 4.30. The van der Waals surface area contributed by atoms with Crippen molar-refractivity contribution in [3.05, 3.63) is 53.6 Å². The number of hydrogen-bond donors (Lipinski definition) is 2. The number of ether oxygens (including phenoxy) is 1. The lowest BCUT2D eigenvalue weighted by Gasteiger charge is -2.32. The van der Waals surface area contributed by atoms with Crippen molar-refractivity contribution in [2.45, 2.75) is 37.5 Å². The average molecular weight is 472 g/mol. The van der Waals surface area contributed by atoms with Crippen LogP contribution in [-0.2, 0) is 26.0 Å². The summed E-state index contributed by atoms with van der Waals surface area (Å²) in [5.41, 5.74) is 2.21. The Bertz CT molecular complexity index is 1130. The summed E-state index contributed by atoms with van der Waals surface area (Å²) < 4.78 is 33.6. The molecule has 0 aromatic heterocycles. The minimum absolute atomic E-state index is 0.101. The molecule has 0 bridgehead atoms. The molecule has 2 aromatic rings. The van der Waals surface area contributed by atoms with Crippen molar-refractivity contribution in [1.29, 1.82) is 0 Å². The van der Waals surface area contributed by atoms with E-state index >= 15 is 0 Å². The third kappa shape index (κ3) is 5.36. The topological polar surface area (TPSA) is 105 Å². The fraction of sp³-hybridized carbons (Fsp3) is 0.417. The highest BCUT2D eigenvalue weighted by atomic mass is 32.2. The first-order valence-corrected chi connectivity index (χ1v) is 12.7. The van der Waals surface area contributed by atoms with Crippen molar-refractivity contribution in [3.63, 3.8) is 0 Å². The molecule has 176 valence electrons.